The molecule has 0 bridgehead atoms. The second-order valence-electron chi connectivity index (χ2n) is 4.56. The fraction of sp³-hybridized carbons (Fsp3) is 0.538. The smallest absolute Gasteiger partial charge is 0.129 e. The number of halogens is 1. The molecule has 17 heavy (non-hydrogen) atoms. The molecule has 94 valence electrons. The molecule has 2 N–H and O–H groups in total. The van der Waals surface area contributed by atoms with Gasteiger partial charge in [0.2, 0.25) is 0 Å². The number of thioether (sulfide) groups is 1. The average molecular weight is 254 g/mol. The molecule has 0 aromatic heterocycles. The Labute approximate surface area is 106 Å². The van der Waals surface area contributed by atoms with Crippen molar-refractivity contribution in [3.8, 4) is 0 Å². The summed E-state index contributed by atoms with van der Waals surface area (Å²) in [6.45, 7) is 2.83. The number of hydrogen-bond donors (Lipinski definition) is 1. The maximum atomic E-state index is 13.6. The first-order valence-corrected chi connectivity index (χ1v) is 7.27. The predicted octanol–water partition coefficient (Wildman–Crippen LogP) is 2.74. The molecule has 0 unspecified atom stereocenters. The Morgan fingerprint density at radius 2 is 2.12 bits per heavy atom. The molecule has 1 aliphatic rings. The standard InChI is InChI=1S/C13H19FN2S/c1-17-12-4-6-16(7-5-12)9-10-2-3-11(15)8-13(10)14/h2-3,8,12H,4-7,9,15H2,1H3. The molecule has 0 amide bonds. The van der Waals surface area contributed by atoms with Crippen LogP contribution in [0.1, 0.15) is 18.4 Å². The molecule has 1 saturated heterocycles. The van der Waals surface area contributed by atoms with Gasteiger partial charge in [-0.25, -0.2) is 4.39 Å². The van der Waals surface area contributed by atoms with Gasteiger partial charge in [-0.05, 0) is 44.3 Å². The van der Waals surface area contributed by atoms with E-state index in [0.29, 0.717) is 12.2 Å². The van der Waals surface area contributed by atoms with Crippen LogP contribution in [0.2, 0.25) is 0 Å². The lowest BCUT2D eigenvalue weighted by Crippen LogP contribution is -2.34. The number of likely N-dealkylation sites (tertiary alicyclic amines) is 1. The second kappa shape index (κ2) is 5.74. The molecule has 1 aromatic carbocycles. The maximum absolute atomic E-state index is 13.6. The minimum absolute atomic E-state index is 0.183. The summed E-state index contributed by atoms with van der Waals surface area (Å²) in [6, 6.07) is 4.97. The van der Waals surface area contributed by atoms with Gasteiger partial charge in [-0.3, -0.25) is 4.90 Å². The molecule has 0 spiro atoms. The van der Waals surface area contributed by atoms with Gasteiger partial charge in [0.15, 0.2) is 0 Å². The summed E-state index contributed by atoms with van der Waals surface area (Å²) in [4.78, 5) is 2.32. The molecule has 4 heteroatoms. The first kappa shape index (κ1) is 12.7. The average Bonchev–Trinajstić information content (AvgIpc) is 2.34. The van der Waals surface area contributed by atoms with E-state index in [1.165, 1.54) is 18.9 Å². The van der Waals surface area contributed by atoms with Gasteiger partial charge in [0.1, 0.15) is 5.82 Å². The Morgan fingerprint density at radius 3 is 2.71 bits per heavy atom. The van der Waals surface area contributed by atoms with Gasteiger partial charge >= 0.3 is 0 Å². The van der Waals surface area contributed by atoms with Crippen LogP contribution in [0.5, 0.6) is 0 Å². The number of anilines is 1. The van der Waals surface area contributed by atoms with Crippen LogP contribution in [-0.2, 0) is 6.54 Å². The zero-order valence-electron chi connectivity index (χ0n) is 10.2. The third kappa shape index (κ3) is 3.36. The third-order valence-electron chi connectivity index (χ3n) is 3.34. The van der Waals surface area contributed by atoms with Crippen molar-refractivity contribution in [1.29, 1.82) is 0 Å². The van der Waals surface area contributed by atoms with Crippen LogP contribution in [-0.4, -0.2) is 29.5 Å². The first-order chi connectivity index (χ1) is 8.19. The molecule has 2 nitrogen and oxygen atoms in total. The highest BCUT2D eigenvalue weighted by molar-refractivity contribution is 7.99. The molecule has 2 rings (SSSR count). The third-order valence-corrected chi connectivity index (χ3v) is 4.48. The van der Waals surface area contributed by atoms with Crippen molar-refractivity contribution in [2.45, 2.75) is 24.6 Å². The quantitative estimate of drug-likeness (QED) is 0.841. The van der Waals surface area contributed by atoms with Gasteiger partial charge in [0, 0.05) is 23.0 Å². The van der Waals surface area contributed by atoms with Gasteiger partial charge in [0.25, 0.3) is 0 Å². The van der Waals surface area contributed by atoms with Crippen LogP contribution >= 0.6 is 11.8 Å². The van der Waals surface area contributed by atoms with E-state index in [4.69, 9.17) is 5.73 Å². The highest BCUT2D eigenvalue weighted by atomic mass is 32.2. The van der Waals surface area contributed by atoms with E-state index in [-0.39, 0.29) is 5.82 Å². The largest absolute Gasteiger partial charge is 0.399 e. The monoisotopic (exact) mass is 254 g/mol. The molecule has 1 heterocycles. The summed E-state index contributed by atoms with van der Waals surface area (Å²) in [5.41, 5.74) is 6.79. The maximum Gasteiger partial charge on any atom is 0.129 e. The van der Waals surface area contributed by atoms with Gasteiger partial charge in [-0.1, -0.05) is 6.07 Å². The molecule has 1 aliphatic heterocycles. The summed E-state index contributed by atoms with van der Waals surface area (Å²) in [5.74, 6) is -0.183. The molecule has 0 aliphatic carbocycles. The van der Waals surface area contributed by atoms with Crippen LogP contribution in [0.4, 0.5) is 10.1 Å². The van der Waals surface area contributed by atoms with Gasteiger partial charge in [-0.2, -0.15) is 11.8 Å². The summed E-state index contributed by atoms with van der Waals surface area (Å²) >= 11 is 1.94. The number of hydrogen-bond acceptors (Lipinski definition) is 3. The van der Waals surface area contributed by atoms with Crippen molar-refractivity contribution in [3.63, 3.8) is 0 Å². The lowest BCUT2D eigenvalue weighted by molar-refractivity contribution is 0.222. The Kier molecular flexibility index (Phi) is 4.29. The second-order valence-corrected chi connectivity index (χ2v) is 5.70. The van der Waals surface area contributed by atoms with Crippen molar-refractivity contribution in [1.82, 2.24) is 4.90 Å². The first-order valence-electron chi connectivity index (χ1n) is 5.98. The van der Waals surface area contributed by atoms with Gasteiger partial charge < -0.3 is 5.73 Å². The minimum atomic E-state index is -0.183. The zero-order chi connectivity index (χ0) is 12.3. The van der Waals surface area contributed by atoms with E-state index in [1.54, 1.807) is 12.1 Å². The summed E-state index contributed by atoms with van der Waals surface area (Å²) in [5, 5.41) is 0.780. The van der Waals surface area contributed by atoms with E-state index in [2.05, 4.69) is 11.2 Å². The SMILES string of the molecule is CSC1CCN(Cc2ccc(N)cc2F)CC1. The number of piperidine rings is 1. The van der Waals surface area contributed by atoms with E-state index in [9.17, 15) is 4.39 Å². The van der Waals surface area contributed by atoms with E-state index < -0.39 is 0 Å². The lowest BCUT2D eigenvalue weighted by atomic mass is 10.1. The van der Waals surface area contributed by atoms with Crippen molar-refractivity contribution < 1.29 is 4.39 Å². The summed E-state index contributed by atoms with van der Waals surface area (Å²) in [6.07, 6.45) is 4.58. The Morgan fingerprint density at radius 1 is 1.41 bits per heavy atom. The number of benzene rings is 1. The van der Waals surface area contributed by atoms with Crippen LogP contribution in [0.15, 0.2) is 18.2 Å². The van der Waals surface area contributed by atoms with Crippen LogP contribution in [0.3, 0.4) is 0 Å². The zero-order valence-corrected chi connectivity index (χ0v) is 11.0. The number of rotatable bonds is 3. The lowest BCUT2D eigenvalue weighted by Gasteiger charge is -2.31. The minimum Gasteiger partial charge on any atom is -0.399 e. The molecular weight excluding hydrogens is 235 g/mol. The molecule has 0 atom stereocenters. The van der Waals surface area contributed by atoms with E-state index in [0.717, 1.165) is 23.9 Å². The summed E-state index contributed by atoms with van der Waals surface area (Å²) < 4.78 is 13.6. The molecule has 0 radical (unpaired) electrons. The van der Waals surface area contributed by atoms with E-state index >= 15 is 0 Å². The molecule has 0 saturated carbocycles. The van der Waals surface area contributed by atoms with Crippen molar-refractivity contribution in [2.75, 3.05) is 25.1 Å². The highest BCUT2D eigenvalue weighted by Crippen LogP contribution is 2.23. The molecule has 1 aromatic rings. The normalized spacial score (nSPS) is 18.5. The fourth-order valence-electron chi connectivity index (χ4n) is 2.24. The Hall–Kier alpha value is -0.740. The fourth-order valence-corrected chi connectivity index (χ4v) is 2.92. The van der Waals surface area contributed by atoms with E-state index in [1.807, 2.05) is 11.8 Å². The molecular formula is C13H19FN2S. The Bertz CT molecular complexity index is 376. The predicted molar refractivity (Wildman–Crippen MR) is 72.6 cm³/mol. The van der Waals surface area contributed by atoms with Crippen LogP contribution in [0.25, 0.3) is 0 Å². The number of nitrogen functional groups attached to an aromatic ring is 1. The number of nitrogens with two attached hydrogens (primary N) is 1. The molecule has 1 fully saturated rings. The summed E-state index contributed by atoms with van der Waals surface area (Å²) in [7, 11) is 0. The Balaban J connectivity index is 1.93. The van der Waals surface area contributed by atoms with Crippen molar-refractivity contribution in [2.24, 2.45) is 0 Å². The van der Waals surface area contributed by atoms with Gasteiger partial charge in [0.05, 0.1) is 0 Å². The van der Waals surface area contributed by atoms with Crippen LogP contribution in [0, 0.1) is 5.82 Å². The van der Waals surface area contributed by atoms with Crippen LogP contribution < -0.4 is 5.73 Å². The highest BCUT2D eigenvalue weighted by Gasteiger charge is 2.19. The number of nitrogens with zero attached hydrogens (tertiary/aromatic N) is 1. The topological polar surface area (TPSA) is 29.3 Å². The van der Waals surface area contributed by atoms with Crippen molar-refractivity contribution in [3.05, 3.63) is 29.6 Å². The van der Waals surface area contributed by atoms with Gasteiger partial charge in [-0.15, -0.1) is 0 Å². The van der Waals surface area contributed by atoms with Crippen molar-refractivity contribution >= 4 is 17.4 Å².